The van der Waals surface area contributed by atoms with Gasteiger partial charge in [-0.15, -0.1) is 0 Å². The Kier molecular flexibility index (Phi) is 6.49. The molecule has 1 atom stereocenters. The minimum Gasteiger partial charge on any atom is -0.442 e. The number of benzene rings is 1. The average Bonchev–Trinajstić information content (AvgIpc) is 3.33. The van der Waals surface area contributed by atoms with Crippen LogP contribution in [0.5, 0.6) is 5.06 Å². The van der Waals surface area contributed by atoms with Crippen molar-refractivity contribution in [3.8, 4) is 5.06 Å². The smallest absolute Gasteiger partial charge is 0.414 e. The number of anilines is 2. The number of aryl methyl sites for hydroxylation is 1. The predicted octanol–water partition coefficient (Wildman–Crippen LogP) is 3.33. The topological polar surface area (TPSA) is 97.4 Å². The number of thiophene rings is 1. The summed E-state index contributed by atoms with van der Waals surface area (Å²) in [6.07, 6.45) is -2.15. The third-order valence-corrected chi connectivity index (χ3v) is 6.03. The number of rotatable bonds is 5. The first-order valence-electron chi connectivity index (χ1n) is 9.69. The summed E-state index contributed by atoms with van der Waals surface area (Å²) in [5.41, 5.74) is 1.10. The molecule has 2 aromatic rings. The van der Waals surface area contributed by atoms with Crippen molar-refractivity contribution in [1.29, 1.82) is 0 Å². The fourth-order valence-corrected chi connectivity index (χ4v) is 4.30. The minimum absolute atomic E-state index is 0.0128. The van der Waals surface area contributed by atoms with Crippen molar-refractivity contribution in [3.63, 3.8) is 0 Å². The Morgan fingerprint density at radius 1 is 1.31 bits per heavy atom. The second kappa shape index (κ2) is 9.31. The van der Waals surface area contributed by atoms with Crippen LogP contribution in [0.4, 0.5) is 25.4 Å². The predicted molar refractivity (Wildman–Crippen MR) is 115 cm³/mol. The zero-order valence-electron chi connectivity index (χ0n) is 16.9. The highest BCUT2D eigenvalue weighted by Gasteiger charge is 2.35. The van der Waals surface area contributed by atoms with Gasteiger partial charge < -0.3 is 24.4 Å². The Bertz CT molecular complexity index is 1060. The van der Waals surface area contributed by atoms with Crippen LogP contribution in [-0.2, 0) is 14.3 Å². The Hall–Kier alpha value is -2.89. The molecule has 3 amide bonds. The molecule has 32 heavy (non-hydrogen) atoms. The van der Waals surface area contributed by atoms with Crippen LogP contribution in [0.3, 0.4) is 0 Å². The lowest BCUT2D eigenvalue weighted by molar-refractivity contribution is -0.125. The van der Waals surface area contributed by atoms with E-state index in [0.717, 1.165) is 16.2 Å². The van der Waals surface area contributed by atoms with Crippen molar-refractivity contribution in [1.82, 2.24) is 5.32 Å². The largest absolute Gasteiger partial charge is 0.442 e. The molecule has 2 fully saturated rings. The molecular weight excluding hydrogens is 465 g/mol. The lowest BCUT2D eigenvalue weighted by atomic mass is 10.1. The SMILES string of the molecule is Cc1cc(N2C[C@H](CNC(=O)Oc3ccc(Cl)s3)OC2=O)c(F)cc1N1CCOCC1=O. The number of nitrogens with one attached hydrogen (secondary N) is 1. The van der Waals surface area contributed by atoms with Gasteiger partial charge in [0.1, 0.15) is 18.5 Å². The molecular formula is C20H19ClFN3O6S. The van der Waals surface area contributed by atoms with E-state index >= 15 is 0 Å². The summed E-state index contributed by atoms with van der Waals surface area (Å²) in [6, 6.07) is 5.89. The van der Waals surface area contributed by atoms with Crippen molar-refractivity contribution < 1.29 is 33.0 Å². The maximum atomic E-state index is 14.9. The van der Waals surface area contributed by atoms with Crippen LogP contribution >= 0.6 is 22.9 Å². The van der Waals surface area contributed by atoms with Gasteiger partial charge in [-0.25, -0.2) is 14.0 Å². The van der Waals surface area contributed by atoms with Crippen molar-refractivity contribution in [3.05, 3.63) is 40.0 Å². The first kappa shape index (κ1) is 22.3. The third-order valence-electron chi connectivity index (χ3n) is 4.92. The number of carbonyl (C=O) groups is 3. The van der Waals surface area contributed by atoms with Crippen LogP contribution < -0.4 is 19.9 Å². The molecule has 1 aromatic heterocycles. The molecule has 3 heterocycles. The van der Waals surface area contributed by atoms with Gasteiger partial charge in [-0.05, 0) is 30.7 Å². The normalized spacial score (nSPS) is 18.7. The van der Waals surface area contributed by atoms with Crippen molar-refractivity contribution in [2.45, 2.75) is 13.0 Å². The first-order valence-corrected chi connectivity index (χ1v) is 10.9. The van der Waals surface area contributed by atoms with E-state index in [-0.39, 0.29) is 31.3 Å². The van der Waals surface area contributed by atoms with E-state index in [9.17, 15) is 18.8 Å². The number of hydrogen-bond donors (Lipinski definition) is 1. The van der Waals surface area contributed by atoms with Crippen molar-refractivity contribution >= 4 is 52.4 Å². The molecule has 0 spiro atoms. The number of ether oxygens (including phenoxy) is 3. The van der Waals surface area contributed by atoms with Gasteiger partial charge in [0.15, 0.2) is 5.06 Å². The van der Waals surface area contributed by atoms with Crippen LogP contribution in [0.15, 0.2) is 24.3 Å². The molecule has 2 aliphatic rings. The Labute approximate surface area is 191 Å². The number of amides is 3. The van der Waals surface area contributed by atoms with E-state index in [1.807, 2.05) is 0 Å². The zero-order chi connectivity index (χ0) is 22.8. The van der Waals surface area contributed by atoms with Gasteiger partial charge in [0.05, 0.1) is 29.7 Å². The number of nitrogens with zero attached hydrogens (tertiary/aromatic N) is 2. The molecule has 2 saturated heterocycles. The van der Waals surface area contributed by atoms with Gasteiger partial charge in [0.2, 0.25) is 0 Å². The van der Waals surface area contributed by atoms with Gasteiger partial charge in [-0.2, -0.15) is 0 Å². The number of hydrogen-bond acceptors (Lipinski definition) is 7. The van der Waals surface area contributed by atoms with Gasteiger partial charge in [-0.3, -0.25) is 9.69 Å². The van der Waals surface area contributed by atoms with Crippen LogP contribution in [0.1, 0.15) is 5.56 Å². The maximum absolute atomic E-state index is 14.9. The molecule has 0 radical (unpaired) electrons. The first-order chi connectivity index (χ1) is 15.3. The second-order valence-electron chi connectivity index (χ2n) is 7.13. The van der Waals surface area contributed by atoms with Crippen LogP contribution in [0.2, 0.25) is 4.34 Å². The molecule has 2 aliphatic heterocycles. The van der Waals surface area contributed by atoms with E-state index in [1.165, 1.54) is 17.0 Å². The molecule has 1 aromatic carbocycles. The monoisotopic (exact) mass is 483 g/mol. The fourth-order valence-electron chi connectivity index (χ4n) is 3.43. The summed E-state index contributed by atoms with van der Waals surface area (Å²) in [5, 5.41) is 2.83. The number of carbonyl (C=O) groups excluding carboxylic acids is 3. The Morgan fingerprint density at radius 3 is 2.84 bits per heavy atom. The summed E-state index contributed by atoms with van der Waals surface area (Å²) in [4.78, 5) is 38.9. The van der Waals surface area contributed by atoms with Crippen molar-refractivity contribution in [2.24, 2.45) is 0 Å². The lowest BCUT2D eigenvalue weighted by Crippen LogP contribution is -2.42. The molecule has 0 bridgehead atoms. The molecule has 0 aliphatic carbocycles. The molecule has 0 unspecified atom stereocenters. The zero-order valence-corrected chi connectivity index (χ0v) is 18.5. The van der Waals surface area contributed by atoms with E-state index in [4.69, 9.17) is 25.8 Å². The Morgan fingerprint density at radius 2 is 2.12 bits per heavy atom. The summed E-state index contributed by atoms with van der Waals surface area (Å²) in [5.74, 6) is -0.917. The van der Waals surface area contributed by atoms with Crippen LogP contribution in [0, 0.1) is 12.7 Å². The second-order valence-corrected chi connectivity index (χ2v) is 8.81. The van der Waals surface area contributed by atoms with Crippen LogP contribution in [0.25, 0.3) is 0 Å². The molecule has 4 rings (SSSR count). The minimum atomic E-state index is -0.733. The number of cyclic esters (lactones) is 1. The summed E-state index contributed by atoms with van der Waals surface area (Å²) in [7, 11) is 0. The molecule has 1 N–H and O–H groups in total. The highest BCUT2D eigenvalue weighted by atomic mass is 35.5. The van der Waals surface area contributed by atoms with Gasteiger partial charge in [0, 0.05) is 18.3 Å². The Balaban J connectivity index is 1.39. The van der Waals surface area contributed by atoms with E-state index in [1.54, 1.807) is 19.1 Å². The van der Waals surface area contributed by atoms with E-state index < -0.39 is 24.1 Å². The maximum Gasteiger partial charge on any atom is 0.414 e. The fraction of sp³-hybridized carbons (Fsp3) is 0.350. The summed E-state index contributed by atoms with van der Waals surface area (Å²) in [6.45, 7) is 2.39. The summed E-state index contributed by atoms with van der Waals surface area (Å²) < 4.78 is 30.8. The lowest BCUT2D eigenvalue weighted by Gasteiger charge is -2.29. The molecule has 0 saturated carbocycles. The molecule has 9 nitrogen and oxygen atoms in total. The van der Waals surface area contributed by atoms with Gasteiger partial charge in [-0.1, -0.05) is 22.9 Å². The standard InChI is InChI=1S/C20H19ClFN3O6S/c1-11-6-15(13(22)7-14(11)24-4-5-29-10-17(24)26)25-9-12(30-20(25)28)8-23-19(27)31-18-3-2-16(21)32-18/h2-3,6-7,12H,4-5,8-10H2,1H3,(H,23,27)/t12-/m0/s1. The number of halogens is 2. The van der Waals surface area contributed by atoms with Gasteiger partial charge in [0.25, 0.3) is 5.91 Å². The average molecular weight is 484 g/mol. The molecule has 12 heteroatoms. The van der Waals surface area contributed by atoms with Gasteiger partial charge >= 0.3 is 12.2 Å². The number of morpholine rings is 1. The van der Waals surface area contributed by atoms with E-state index in [0.29, 0.717) is 33.8 Å². The summed E-state index contributed by atoms with van der Waals surface area (Å²) >= 11 is 6.89. The van der Waals surface area contributed by atoms with E-state index in [2.05, 4.69) is 5.32 Å². The van der Waals surface area contributed by atoms with Crippen LogP contribution in [-0.4, -0.2) is 57.0 Å². The highest BCUT2D eigenvalue weighted by Crippen LogP contribution is 2.32. The third kappa shape index (κ3) is 4.79. The highest BCUT2D eigenvalue weighted by molar-refractivity contribution is 7.17. The quantitative estimate of drug-likeness (QED) is 0.700. The van der Waals surface area contributed by atoms with Crippen molar-refractivity contribution in [2.75, 3.05) is 42.6 Å². The molecule has 170 valence electrons.